The SMILES string of the molecule is CSCCN=C/C(=C\N)CN1CCC2(C[C@@H]1C)OCC(O)c1ccc(Cl)cc12. The van der Waals surface area contributed by atoms with E-state index in [1.807, 2.05) is 24.4 Å². The summed E-state index contributed by atoms with van der Waals surface area (Å²) < 4.78 is 6.24. The number of halogens is 1. The molecular formula is C21H30ClN3O2S. The zero-order chi connectivity index (χ0) is 20.1. The molecule has 5 nitrogen and oxygen atoms in total. The summed E-state index contributed by atoms with van der Waals surface area (Å²) in [5, 5.41) is 11.0. The highest BCUT2D eigenvalue weighted by atomic mass is 35.5. The van der Waals surface area contributed by atoms with Gasteiger partial charge in [0.2, 0.25) is 0 Å². The Morgan fingerprint density at radius 3 is 3.07 bits per heavy atom. The van der Waals surface area contributed by atoms with Crippen molar-refractivity contribution in [2.75, 3.05) is 38.2 Å². The fourth-order valence-electron chi connectivity index (χ4n) is 4.18. The van der Waals surface area contributed by atoms with E-state index in [1.54, 1.807) is 18.0 Å². The highest BCUT2D eigenvalue weighted by Crippen LogP contribution is 2.46. The standard InChI is InChI=1S/C21H30ClN3O2S/c1-15-10-21(19-9-17(22)3-4-18(19)20(26)14-27-21)5-7-25(15)13-16(11-23)12-24-6-8-28-2/h3-4,9,11-12,15,20,26H,5-8,10,13-14,23H2,1-2H3/b16-11+,24-12?/t15-,20?,21?/m0/s1. The number of aliphatic hydroxyl groups excluding tert-OH is 1. The van der Waals surface area contributed by atoms with Crippen molar-refractivity contribution in [1.82, 2.24) is 4.90 Å². The van der Waals surface area contributed by atoms with E-state index >= 15 is 0 Å². The number of hydrogen-bond acceptors (Lipinski definition) is 6. The minimum Gasteiger partial charge on any atom is -0.404 e. The molecule has 1 saturated heterocycles. The van der Waals surface area contributed by atoms with Crippen LogP contribution >= 0.6 is 23.4 Å². The quantitative estimate of drug-likeness (QED) is 0.542. The molecule has 0 radical (unpaired) electrons. The number of thioether (sulfide) groups is 1. The Labute approximate surface area is 177 Å². The highest BCUT2D eigenvalue weighted by molar-refractivity contribution is 7.98. The first-order valence-corrected chi connectivity index (χ1v) is 11.5. The summed E-state index contributed by atoms with van der Waals surface area (Å²) in [4.78, 5) is 6.89. The molecule has 3 atom stereocenters. The van der Waals surface area contributed by atoms with Gasteiger partial charge >= 0.3 is 0 Å². The molecule has 28 heavy (non-hydrogen) atoms. The summed E-state index contributed by atoms with van der Waals surface area (Å²) in [6, 6.07) is 6.05. The van der Waals surface area contributed by atoms with Crippen molar-refractivity contribution in [3.05, 3.63) is 46.1 Å². The summed E-state index contributed by atoms with van der Waals surface area (Å²) in [7, 11) is 0. The smallest absolute Gasteiger partial charge is 0.103 e. The molecule has 154 valence electrons. The molecule has 0 amide bonds. The number of benzene rings is 1. The van der Waals surface area contributed by atoms with Gasteiger partial charge in [-0.25, -0.2) is 0 Å². The number of aliphatic imine (C=N–C) groups is 1. The van der Waals surface area contributed by atoms with Gasteiger partial charge in [0, 0.05) is 42.7 Å². The average molecular weight is 424 g/mol. The minimum atomic E-state index is -0.588. The van der Waals surface area contributed by atoms with Gasteiger partial charge in [0.05, 0.1) is 12.2 Å². The molecule has 2 heterocycles. The number of aliphatic hydroxyl groups is 1. The molecule has 1 spiro atoms. The largest absolute Gasteiger partial charge is 0.404 e. The molecule has 2 aliphatic rings. The maximum Gasteiger partial charge on any atom is 0.103 e. The Balaban J connectivity index is 1.71. The van der Waals surface area contributed by atoms with Gasteiger partial charge < -0.3 is 15.6 Å². The number of fused-ring (bicyclic) bond motifs is 2. The fourth-order valence-corrected chi connectivity index (χ4v) is 4.64. The summed E-state index contributed by atoms with van der Waals surface area (Å²) in [6.07, 6.45) is 6.76. The topological polar surface area (TPSA) is 71.1 Å². The van der Waals surface area contributed by atoms with E-state index in [-0.39, 0.29) is 5.60 Å². The van der Waals surface area contributed by atoms with Crippen LogP contribution in [0, 0.1) is 0 Å². The van der Waals surface area contributed by atoms with Crippen molar-refractivity contribution in [1.29, 1.82) is 0 Å². The molecule has 1 aromatic carbocycles. The maximum atomic E-state index is 10.3. The fraction of sp³-hybridized carbons (Fsp3) is 0.571. The van der Waals surface area contributed by atoms with E-state index in [0.717, 1.165) is 54.9 Å². The van der Waals surface area contributed by atoms with Gasteiger partial charge in [0.1, 0.15) is 6.10 Å². The molecule has 3 rings (SSSR count). The lowest BCUT2D eigenvalue weighted by Gasteiger charge is -2.49. The first-order valence-electron chi connectivity index (χ1n) is 9.74. The summed E-state index contributed by atoms with van der Waals surface area (Å²) in [5.74, 6) is 1.02. The third-order valence-electron chi connectivity index (χ3n) is 5.72. The summed E-state index contributed by atoms with van der Waals surface area (Å²) in [5.41, 5.74) is 8.47. The molecule has 3 N–H and O–H groups in total. The van der Waals surface area contributed by atoms with Crippen LogP contribution < -0.4 is 5.73 Å². The van der Waals surface area contributed by atoms with E-state index in [9.17, 15) is 5.11 Å². The number of nitrogens with two attached hydrogens (primary N) is 1. The van der Waals surface area contributed by atoms with Crippen LogP contribution in [0.5, 0.6) is 0 Å². The van der Waals surface area contributed by atoms with Gasteiger partial charge in [-0.05, 0) is 61.1 Å². The van der Waals surface area contributed by atoms with Crippen LogP contribution in [0.25, 0.3) is 0 Å². The van der Waals surface area contributed by atoms with Crippen LogP contribution in [0.4, 0.5) is 0 Å². The maximum absolute atomic E-state index is 10.3. The molecule has 1 aromatic rings. The lowest BCUT2D eigenvalue weighted by molar-refractivity contribution is -0.139. The number of likely N-dealkylation sites (tertiary alicyclic amines) is 1. The number of ether oxygens (including phenoxy) is 1. The van der Waals surface area contributed by atoms with Crippen molar-refractivity contribution in [3.63, 3.8) is 0 Å². The number of nitrogens with zero attached hydrogens (tertiary/aromatic N) is 2. The molecule has 0 bridgehead atoms. The Kier molecular flexibility index (Phi) is 7.45. The predicted molar refractivity (Wildman–Crippen MR) is 118 cm³/mol. The lowest BCUT2D eigenvalue weighted by atomic mass is 9.76. The van der Waals surface area contributed by atoms with Gasteiger partial charge in [-0.2, -0.15) is 11.8 Å². The van der Waals surface area contributed by atoms with Crippen LogP contribution in [-0.2, 0) is 10.3 Å². The third-order valence-corrected chi connectivity index (χ3v) is 6.54. The second-order valence-corrected chi connectivity index (χ2v) is 9.02. The van der Waals surface area contributed by atoms with Gasteiger partial charge in [-0.1, -0.05) is 17.7 Å². The summed E-state index contributed by atoms with van der Waals surface area (Å²) in [6.45, 7) is 5.03. The molecule has 2 unspecified atom stereocenters. The second kappa shape index (κ2) is 9.63. The van der Waals surface area contributed by atoms with Crippen molar-refractivity contribution >= 4 is 29.6 Å². The van der Waals surface area contributed by atoms with E-state index < -0.39 is 6.10 Å². The second-order valence-electron chi connectivity index (χ2n) is 7.60. The zero-order valence-electron chi connectivity index (χ0n) is 16.6. The third kappa shape index (κ3) is 4.74. The summed E-state index contributed by atoms with van der Waals surface area (Å²) >= 11 is 8.05. The van der Waals surface area contributed by atoms with E-state index in [1.165, 1.54) is 0 Å². The average Bonchev–Trinajstić information content (AvgIpc) is 2.69. The van der Waals surface area contributed by atoms with Crippen LogP contribution in [0.3, 0.4) is 0 Å². The Hall–Kier alpha value is -1.05. The Morgan fingerprint density at radius 2 is 2.36 bits per heavy atom. The molecule has 2 aliphatic heterocycles. The number of piperidine rings is 1. The molecule has 0 aliphatic carbocycles. The lowest BCUT2D eigenvalue weighted by Crippen LogP contribution is -2.51. The van der Waals surface area contributed by atoms with Crippen LogP contribution in [0.15, 0.2) is 35.0 Å². The zero-order valence-corrected chi connectivity index (χ0v) is 18.2. The predicted octanol–water partition coefficient (Wildman–Crippen LogP) is 3.36. The van der Waals surface area contributed by atoms with Crippen LogP contribution in [0.2, 0.25) is 5.02 Å². The van der Waals surface area contributed by atoms with Crippen LogP contribution in [-0.4, -0.2) is 60.5 Å². The monoisotopic (exact) mass is 423 g/mol. The van der Waals surface area contributed by atoms with Gasteiger partial charge in [-0.3, -0.25) is 9.89 Å². The molecule has 1 fully saturated rings. The normalized spacial score (nSPS) is 28.8. The van der Waals surface area contributed by atoms with Crippen molar-refractivity contribution in [2.24, 2.45) is 10.7 Å². The van der Waals surface area contributed by atoms with Crippen molar-refractivity contribution in [3.8, 4) is 0 Å². The first kappa shape index (κ1) is 21.7. The van der Waals surface area contributed by atoms with E-state index in [4.69, 9.17) is 22.1 Å². The molecule has 0 aromatic heterocycles. The van der Waals surface area contributed by atoms with Crippen molar-refractivity contribution in [2.45, 2.75) is 37.5 Å². The first-order chi connectivity index (χ1) is 13.5. The molecule has 0 saturated carbocycles. The van der Waals surface area contributed by atoms with Crippen molar-refractivity contribution < 1.29 is 9.84 Å². The molecule has 7 heteroatoms. The van der Waals surface area contributed by atoms with Gasteiger partial charge in [-0.15, -0.1) is 0 Å². The molecular weight excluding hydrogens is 394 g/mol. The Bertz CT molecular complexity index is 742. The minimum absolute atomic E-state index is 0.311. The van der Waals surface area contributed by atoms with Crippen LogP contribution in [0.1, 0.15) is 37.0 Å². The Morgan fingerprint density at radius 1 is 1.54 bits per heavy atom. The number of rotatable bonds is 6. The van der Waals surface area contributed by atoms with Gasteiger partial charge in [0.25, 0.3) is 0 Å². The number of hydrogen-bond donors (Lipinski definition) is 2. The van der Waals surface area contributed by atoms with E-state index in [2.05, 4.69) is 23.1 Å². The van der Waals surface area contributed by atoms with Gasteiger partial charge in [0.15, 0.2) is 0 Å². The van der Waals surface area contributed by atoms with E-state index in [0.29, 0.717) is 17.7 Å². The highest BCUT2D eigenvalue weighted by Gasteiger charge is 2.45.